The minimum atomic E-state index is -0.407. The van der Waals surface area contributed by atoms with Gasteiger partial charge in [0.15, 0.2) is 11.5 Å². The van der Waals surface area contributed by atoms with E-state index in [2.05, 4.69) is 10.3 Å². The molecule has 0 aliphatic carbocycles. The second-order valence-electron chi connectivity index (χ2n) is 5.81. The molecule has 8 heteroatoms. The molecule has 0 saturated heterocycles. The van der Waals surface area contributed by atoms with Crippen LogP contribution < -0.4 is 19.5 Å². The van der Waals surface area contributed by atoms with Gasteiger partial charge in [-0.25, -0.2) is 0 Å². The van der Waals surface area contributed by atoms with Gasteiger partial charge in [-0.3, -0.25) is 14.6 Å². The molecule has 8 nitrogen and oxygen atoms in total. The number of hydrogen-bond acceptors (Lipinski definition) is 6. The van der Waals surface area contributed by atoms with E-state index in [-0.39, 0.29) is 11.5 Å². The van der Waals surface area contributed by atoms with Crippen LogP contribution in [0.4, 0.5) is 5.69 Å². The summed E-state index contributed by atoms with van der Waals surface area (Å²) in [6.07, 6.45) is 2.86. The summed E-state index contributed by atoms with van der Waals surface area (Å²) < 4.78 is 15.9. The van der Waals surface area contributed by atoms with Gasteiger partial charge in [0.1, 0.15) is 0 Å². The molecule has 0 spiro atoms. The smallest absolute Gasteiger partial charge is 0.257 e. The van der Waals surface area contributed by atoms with Crippen molar-refractivity contribution in [1.29, 1.82) is 0 Å². The molecular formula is C20H25N3O5. The fourth-order valence-corrected chi connectivity index (χ4v) is 2.73. The maximum absolute atomic E-state index is 12.7. The second-order valence-corrected chi connectivity index (χ2v) is 5.81. The molecule has 1 aromatic carbocycles. The quantitative estimate of drug-likeness (QED) is 0.749. The fourth-order valence-electron chi connectivity index (χ4n) is 2.73. The van der Waals surface area contributed by atoms with Gasteiger partial charge < -0.3 is 24.4 Å². The monoisotopic (exact) mass is 387 g/mol. The van der Waals surface area contributed by atoms with Gasteiger partial charge in [0.25, 0.3) is 11.8 Å². The Morgan fingerprint density at radius 1 is 0.929 bits per heavy atom. The van der Waals surface area contributed by atoms with Gasteiger partial charge in [-0.15, -0.1) is 0 Å². The van der Waals surface area contributed by atoms with Crippen molar-refractivity contribution in [2.24, 2.45) is 0 Å². The minimum absolute atomic E-state index is 0.167. The Morgan fingerprint density at radius 3 is 2.00 bits per heavy atom. The second kappa shape index (κ2) is 9.59. The lowest BCUT2D eigenvalue weighted by atomic mass is 10.1. The summed E-state index contributed by atoms with van der Waals surface area (Å²) in [5.41, 5.74) is 1.09. The Bertz CT molecular complexity index is 824. The van der Waals surface area contributed by atoms with Crippen LogP contribution in [0.15, 0.2) is 30.6 Å². The van der Waals surface area contributed by atoms with E-state index in [1.807, 2.05) is 13.8 Å². The van der Waals surface area contributed by atoms with Gasteiger partial charge in [0.2, 0.25) is 5.75 Å². The zero-order valence-corrected chi connectivity index (χ0v) is 16.7. The first-order chi connectivity index (χ1) is 13.5. The number of amides is 2. The molecule has 1 N–H and O–H groups in total. The van der Waals surface area contributed by atoms with Crippen molar-refractivity contribution in [2.45, 2.75) is 13.8 Å². The van der Waals surface area contributed by atoms with E-state index in [9.17, 15) is 9.59 Å². The first-order valence-electron chi connectivity index (χ1n) is 8.84. The van der Waals surface area contributed by atoms with Crippen molar-refractivity contribution in [3.05, 3.63) is 41.7 Å². The van der Waals surface area contributed by atoms with Crippen molar-refractivity contribution in [3.8, 4) is 17.2 Å². The topological polar surface area (TPSA) is 90.0 Å². The zero-order chi connectivity index (χ0) is 20.7. The third-order valence-corrected chi connectivity index (χ3v) is 4.22. The number of anilines is 1. The first-order valence-corrected chi connectivity index (χ1v) is 8.84. The number of rotatable bonds is 8. The lowest BCUT2D eigenvalue weighted by Gasteiger charge is -2.18. The molecule has 0 radical (unpaired) electrons. The van der Waals surface area contributed by atoms with Gasteiger partial charge in [-0.2, -0.15) is 0 Å². The van der Waals surface area contributed by atoms with Crippen molar-refractivity contribution in [1.82, 2.24) is 9.88 Å². The molecular weight excluding hydrogens is 362 g/mol. The van der Waals surface area contributed by atoms with Crippen LogP contribution in [-0.4, -0.2) is 56.1 Å². The molecule has 0 bridgehead atoms. The fraction of sp³-hybridized carbons (Fsp3) is 0.350. The Labute approximate surface area is 164 Å². The van der Waals surface area contributed by atoms with Crippen LogP contribution >= 0.6 is 0 Å². The molecule has 0 saturated carbocycles. The van der Waals surface area contributed by atoms with Crippen LogP contribution in [0.2, 0.25) is 0 Å². The van der Waals surface area contributed by atoms with Crippen molar-refractivity contribution in [3.63, 3.8) is 0 Å². The molecule has 2 aromatic rings. The number of aromatic nitrogens is 1. The number of hydrogen-bond donors (Lipinski definition) is 1. The van der Waals surface area contributed by atoms with E-state index in [1.165, 1.54) is 39.8 Å². The molecule has 0 unspecified atom stereocenters. The number of nitrogens with one attached hydrogen (secondary N) is 1. The van der Waals surface area contributed by atoms with Crippen LogP contribution in [-0.2, 0) is 0 Å². The molecule has 28 heavy (non-hydrogen) atoms. The maximum Gasteiger partial charge on any atom is 0.257 e. The van der Waals surface area contributed by atoms with E-state index >= 15 is 0 Å². The highest BCUT2D eigenvalue weighted by Crippen LogP contribution is 2.40. The van der Waals surface area contributed by atoms with Crippen molar-refractivity contribution < 1.29 is 23.8 Å². The third kappa shape index (κ3) is 4.51. The van der Waals surface area contributed by atoms with E-state index in [4.69, 9.17) is 14.2 Å². The predicted octanol–water partition coefficient (Wildman–Crippen LogP) is 2.84. The zero-order valence-electron chi connectivity index (χ0n) is 16.7. The standard InChI is InChI=1S/C20H25N3O5/c1-6-23(7-2)20(25)14-8-13(11-21-12-14)19(24)22-15-9-16(26-3)18(28-5)17(10-15)27-4/h8-12H,6-7H2,1-5H3,(H,22,24). The molecule has 0 atom stereocenters. The summed E-state index contributed by atoms with van der Waals surface area (Å²) in [6, 6.07) is 4.77. The number of methoxy groups -OCH3 is 3. The molecule has 2 amide bonds. The lowest BCUT2D eigenvalue weighted by molar-refractivity contribution is 0.0772. The van der Waals surface area contributed by atoms with Gasteiger partial charge in [0.05, 0.1) is 32.5 Å². The van der Waals surface area contributed by atoms with E-state index < -0.39 is 5.91 Å². The maximum atomic E-state index is 12.7. The van der Waals surface area contributed by atoms with Crippen LogP contribution in [0.5, 0.6) is 17.2 Å². The summed E-state index contributed by atoms with van der Waals surface area (Å²) in [6.45, 7) is 4.96. The number of ether oxygens (including phenoxy) is 3. The van der Waals surface area contributed by atoms with E-state index in [0.717, 1.165) is 0 Å². The highest BCUT2D eigenvalue weighted by Gasteiger charge is 2.18. The number of benzene rings is 1. The van der Waals surface area contributed by atoms with Crippen LogP contribution in [0.25, 0.3) is 0 Å². The van der Waals surface area contributed by atoms with Gasteiger partial charge >= 0.3 is 0 Å². The lowest BCUT2D eigenvalue weighted by Crippen LogP contribution is -2.30. The number of pyridine rings is 1. The summed E-state index contributed by atoms with van der Waals surface area (Å²) >= 11 is 0. The third-order valence-electron chi connectivity index (χ3n) is 4.22. The SMILES string of the molecule is CCN(CC)C(=O)c1cncc(C(=O)Nc2cc(OC)c(OC)c(OC)c2)c1. The van der Waals surface area contributed by atoms with Crippen LogP contribution in [0.3, 0.4) is 0 Å². The molecule has 1 aromatic heterocycles. The summed E-state index contributed by atoms with van der Waals surface area (Å²) in [5.74, 6) is 0.689. The highest BCUT2D eigenvalue weighted by atomic mass is 16.5. The van der Waals surface area contributed by atoms with Gasteiger partial charge in [-0.1, -0.05) is 0 Å². The van der Waals surface area contributed by atoms with Crippen molar-refractivity contribution >= 4 is 17.5 Å². The Kier molecular flexibility index (Phi) is 7.20. The number of carbonyl (C=O) groups is 2. The normalized spacial score (nSPS) is 10.2. The Balaban J connectivity index is 2.28. The van der Waals surface area contributed by atoms with Crippen LogP contribution in [0.1, 0.15) is 34.6 Å². The molecule has 2 rings (SSSR count). The first kappa shape index (κ1) is 21.0. The van der Waals surface area contributed by atoms with E-state index in [0.29, 0.717) is 41.6 Å². The van der Waals surface area contributed by atoms with Gasteiger partial charge in [0, 0.05) is 43.3 Å². The highest BCUT2D eigenvalue weighted by molar-refractivity contribution is 6.06. The number of nitrogens with zero attached hydrogens (tertiary/aromatic N) is 2. The average molecular weight is 387 g/mol. The van der Waals surface area contributed by atoms with E-state index in [1.54, 1.807) is 17.0 Å². The molecule has 0 aliphatic heterocycles. The number of carbonyl (C=O) groups excluding carboxylic acids is 2. The largest absolute Gasteiger partial charge is 0.493 e. The molecule has 150 valence electrons. The Hall–Kier alpha value is -3.29. The molecule has 1 heterocycles. The van der Waals surface area contributed by atoms with Crippen LogP contribution in [0, 0.1) is 0 Å². The minimum Gasteiger partial charge on any atom is -0.493 e. The summed E-state index contributed by atoms with van der Waals surface area (Å²) in [7, 11) is 4.49. The predicted molar refractivity (Wildman–Crippen MR) is 106 cm³/mol. The van der Waals surface area contributed by atoms with Gasteiger partial charge in [-0.05, 0) is 19.9 Å². The average Bonchev–Trinajstić information content (AvgIpc) is 2.73. The molecule has 0 aliphatic rings. The summed E-state index contributed by atoms with van der Waals surface area (Å²) in [5, 5.41) is 2.76. The van der Waals surface area contributed by atoms with Crippen molar-refractivity contribution in [2.75, 3.05) is 39.7 Å². The molecule has 0 fully saturated rings. The Morgan fingerprint density at radius 2 is 1.50 bits per heavy atom. The summed E-state index contributed by atoms with van der Waals surface area (Å²) in [4.78, 5) is 30.8.